The average Bonchev–Trinajstić information content (AvgIpc) is 2.92. The van der Waals surface area contributed by atoms with E-state index in [1.54, 1.807) is 18.2 Å². The van der Waals surface area contributed by atoms with E-state index in [-0.39, 0.29) is 11.4 Å². The van der Waals surface area contributed by atoms with Gasteiger partial charge in [-0.1, -0.05) is 6.07 Å². The van der Waals surface area contributed by atoms with Crippen LogP contribution in [-0.4, -0.2) is 11.1 Å². The Bertz CT molecular complexity index is 661. The van der Waals surface area contributed by atoms with Gasteiger partial charge in [0.1, 0.15) is 5.82 Å². The van der Waals surface area contributed by atoms with Crippen LogP contribution in [0.2, 0.25) is 0 Å². The van der Waals surface area contributed by atoms with Crippen molar-refractivity contribution in [1.82, 2.24) is 4.57 Å². The van der Waals surface area contributed by atoms with Crippen LogP contribution in [-0.2, 0) is 19.4 Å². The summed E-state index contributed by atoms with van der Waals surface area (Å²) < 4.78 is 14.7. The highest BCUT2D eigenvalue weighted by molar-refractivity contribution is 5.42. The summed E-state index contributed by atoms with van der Waals surface area (Å²) in [5, 5.41) is 3.21. The molecule has 0 radical (unpaired) electrons. The molecule has 1 aromatic heterocycles. The number of halogens is 1. The third-order valence-corrected chi connectivity index (χ3v) is 3.76. The number of fused-ring (bicyclic) bond motifs is 1. The van der Waals surface area contributed by atoms with Gasteiger partial charge >= 0.3 is 0 Å². The van der Waals surface area contributed by atoms with Crippen molar-refractivity contribution in [2.45, 2.75) is 25.8 Å². The molecule has 0 fully saturated rings. The summed E-state index contributed by atoms with van der Waals surface area (Å²) in [7, 11) is 0. The van der Waals surface area contributed by atoms with Crippen molar-refractivity contribution in [3.8, 4) is 0 Å². The molecule has 1 aliphatic carbocycles. The standard InChI is InChI=1S/C16H17FN2O/c17-13-5-7-14(8-6-13)18-10-11-19-15-3-1-2-12(15)4-9-16(19)20/h4-9,18H,1-3,10-11H2. The molecule has 0 spiro atoms. The van der Waals surface area contributed by atoms with Crippen LogP contribution in [0.5, 0.6) is 0 Å². The summed E-state index contributed by atoms with van der Waals surface area (Å²) in [6, 6.07) is 9.86. The third-order valence-electron chi connectivity index (χ3n) is 3.76. The number of aromatic nitrogens is 1. The SMILES string of the molecule is O=c1ccc2c(n1CCNc1ccc(F)cc1)CCC2. The van der Waals surface area contributed by atoms with E-state index < -0.39 is 0 Å². The lowest BCUT2D eigenvalue weighted by atomic mass is 10.2. The first-order valence-corrected chi connectivity index (χ1v) is 6.95. The largest absolute Gasteiger partial charge is 0.383 e. The van der Waals surface area contributed by atoms with Gasteiger partial charge in [0.25, 0.3) is 5.56 Å². The molecule has 3 nitrogen and oxygen atoms in total. The molecule has 1 aliphatic rings. The van der Waals surface area contributed by atoms with Gasteiger partial charge in [0.2, 0.25) is 0 Å². The van der Waals surface area contributed by atoms with E-state index in [2.05, 4.69) is 5.32 Å². The van der Waals surface area contributed by atoms with E-state index in [4.69, 9.17) is 0 Å². The lowest BCUT2D eigenvalue weighted by Crippen LogP contribution is -2.26. The van der Waals surface area contributed by atoms with Gasteiger partial charge in [-0.2, -0.15) is 0 Å². The number of nitrogens with zero attached hydrogens (tertiary/aromatic N) is 1. The first kappa shape index (κ1) is 12.9. The van der Waals surface area contributed by atoms with Crippen molar-refractivity contribution < 1.29 is 4.39 Å². The molecule has 3 rings (SSSR count). The van der Waals surface area contributed by atoms with E-state index >= 15 is 0 Å². The van der Waals surface area contributed by atoms with Crippen molar-refractivity contribution in [1.29, 1.82) is 0 Å². The maximum absolute atomic E-state index is 12.8. The van der Waals surface area contributed by atoms with Crippen molar-refractivity contribution in [3.63, 3.8) is 0 Å². The Morgan fingerprint density at radius 1 is 1.10 bits per heavy atom. The highest BCUT2D eigenvalue weighted by Crippen LogP contribution is 2.19. The molecule has 4 heteroatoms. The molecule has 0 unspecified atom stereocenters. The third kappa shape index (κ3) is 2.59. The number of benzene rings is 1. The lowest BCUT2D eigenvalue weighted by molar-refractivity contribution is 0.627. The van der Waals surface area contributed by atoms with E-state index in [1.807, 2.05) is 10.6 Å². The fraction of sp³-hybridized carbons (Fsp3) is 0.312. The van der Waals surface area contributed by atoms with Crippen molar-refractivity contribution in [2.24, 2.45) is 0 Å². The molecule has 0 amide bonds. The predicted molar refractivity (Wildman–Crippen MR) is 77.6 cm³/mol. The van der Waals surface area contributed by atoms with Crippen LogP contribution in [0.3, 0.4) is 0 Å². The van der Waals surface area contributed by atoms with Crippen LogP contribution >= 0.6 is 0 Å². The van der Waals surface area contributed by atoms with E-state index in [0.29, 0.717) is 13.1 Å². The number of hydrogen-bond acceptors (Lipinski definition) is 2. The zero-order valence-electron chi connectivity index (χ0n) is 11.2. The minimum atomic E-state index is -0.243. The molecule has 0 saturated carbocycles. The Labute approximate surface area is 117 Å². The van der Waals surface area contributed by atoms with Gasteiger partial charge in [-0.15, -0.1) is 0 Å². The Kier molecular flexibility index (Phi) is 3.54. The van der Waals surface area contributed by atoms with Crippen molar-refractivity contribution >= 4 is 5.69 Å². The maximum atomic E-state index is 12.8. The smallest absolute Gasteiger partial charge is 0.250 e. The number of nitrogens with one attached hydrogen (secondary N) is 1. The molecule has 20 heavy (non-hydrogen) atoms. The fourth-order valence-corrected chi connectivity index (χ4v) is 2.76. The minimum Gasteiger partial charge on any atom is -0.383 e. The highest BCUT2D eigenvalue weighted by Gasteiger charge is 2.15. The number of pyridine rings is 1. The highest BCUT2D eigenvalue weighted by atomic mass is 19.1. The van der Waals surface area contributed by atoms with E-state index in [1.165, 1.54) is 23.4 Å². The summed E-state index contributed by atoms with van der Waals surface area (Å²) in [5.41, 5.74) is 3.41. The number of hydrogen-bond donors (Lipinski definition) is 1. The Balaban J connectivity index is 1.69. The Hall–Kier alpha value is -2.10. The first-order chi connectivity index (χ1) is 9.74. The topological polar surface area (TPSA) is 34.0 Å². The number of anilines is 1. The predicted octanol–water partition coefficient (Wildman–Crippen LogP) is 2.59. The van der Waals surface area contributed by atoms with Gasteiger partial charge in [0, 0.05) is 30.5 Å². The number of aryl methyl sites for hydroxylation is 1. The van der Waals surface area contributed by atoms with Crippen LogP contribution in [0.25, 0.3) is 0 Å². The fourth-order valence-electron chi connectivity index (χ4n) is 2.76. The van der Waals surface area contributed by atoms with Crippen LogP contribution in [0.1, 0.15) is 17.7 Å². The molecule has 0 saturated heterocycles. The second-order valence-corrected chi connectivity index (χ2v) is 5.08. The zero-order valence-corrected chi connectivity index (χ0v) is 11.2. The van der Waals surface area contributed by atoms with Crippen LogP contribution in [0, 0.1) is 5.82 Å². The normalized spacial score (nSPS) is 13.2. The number of rotatable bonds is 4. The minimum absolute atomic E-state index is 0.0616. The quantitative estimate of drug-likeness (QED) is 0.928. The van der Waals surface area contributed by atoms with Gasteiger partial charge in [0.05, 0.1) is 0 Å². The molecule has 1 heterocycles. The maximum Gasteiger partial charge on any atom is 0.250 e. The van der Waals surface area contributed by atoms with Crippen molar-refractivity contribution in [2.75, 3.05) is 11.9 Å². The summed E-state index contributed by atoms with van der Waals surface area (Å²) in [4.78, 5) is 12.0. The monoisotopic (exact) mass is 272 g/mol. The molecular formula is C16H17FN2O. The van der Waals surface area contributed by atoms with Crippen molar-refractivity contribution in [3.05, 3.63) is 63.8 Å². The first-order valence-electron chi connectivity index (χ1n) is 6.95. The molecule has 0 bridgehead atoms. The zero-order chi connectivity index (χ0) is 13.9. The van der Waals surface area contributed by atoms with Gasteiger partial charge < -0.3 is 9.88 Å². The second kappa shape index (κ2) is 5.49. The van der Waals surface area contributed by atoms with Crippen LogP contribution in [0.4, 0.5) is 10.1 Å². The summed E-state index contributed by atoms with van der Waals surface area (Å²) in [6.45, 7) is 1.29. The summed E-state index contributed by atoms with van der Waals surface area (Å²) in [5.74, 6) is -0.243. The lowest BCUT2D eigenvalue weighted by Gasteiger charge is -2.13. The molecule has 104 valence electrons. The Morgan fingerprint density at radius 3 is 2.70 bits per heavy atom. The molecule has 0 atom stereocenters. The molecule has 0 aliphatic heterocycles. The van der Waals surface area contributed by atoms with E-state index in [9.17, 15) is 9.18 Å². The van der Waals surface area contributed by atoms with Gasteiger partial charge in [-0.05, 0) is 49.1 Å². The molecule has 1 N–H and O–H groups in total. The molecule has 2 aromatic rings. The molecular weight excluding hydrogens is 255 g/mol. The van der Waals surface area contributed by atoms with Crippen LogP contribution < -0.4 is 10.9 Å². The summed E-state index contributed by atoms with van der Waals surface area (Å²) in [6.07, 6.45) is 3.19. The van der Waals surface area contributed by atoms with Crippen LogP contribution in [0.15, 0.2) is 41.2 Å². The second-order valence-electron chi connectivity index (χ2n) is 5.08. The average molecular weight is 272 g/mol. The summed E-state index contributed by atoms with van der Waals surface area (Å²) >= 11 is 0. The van der Waals surface area contributed by atoms with Gasteiger partial charge in [0.15, 0.2) is 0 Å². The van der Waals surface area contributed by atoms with Gasteiger partial charge in [-0.25, -0.2) is 4.39 Å². The Morgan fingerprint density at radius 2 is 1.90 bits per heavy atom. The molecule has 1 aromatic carbocycles. The van der Waals surface area contributed by atoms with E-state index in [0.717, 1.165) is 24.9 Å². The van der Waals surface area contributed by atoms with Gasteiger partial charge in [-0.3, -0.25) is 4.79 Å².